The minimum absolute atomic E-state index is 0.0382. The average molecular weight is 458 g/mol. The molecule has 0 radical (unpaired) electrons. The van der Waals surface area contributed by atoms with Crippen molar-refractivity contribution in [2.75, 3.05) is 13.1 Å². The van der Waals surface area contributed by atoms with Gasteiger partial charge in [-0.05, 0) is 62.0 Å². The maximum absolute atomic E-state index is 13.1. The number of carboxylic acid groups (broad SMARTS) is 1. The smallest absolute Gasteiger partial charge is 0.306 e. The number of hydrogen-bond donors (Lipinski definition) is 3. The number of aromatic amines is 1. The quantitative estimate of drug-likeness (QED) is 0.370. The van der Waals surface area contributed by atoms with Gasteiger partial charge < -0.3 is 10.0 Å². The summed E-state index contributed by atoms with van der Waals surface area (Å²) in [7, 11) is 0. The number of thiocarbonyl (C=S) groups is 1. The highest BCUT2D eigenvalue weighted by Crippen LogP contribution is 2.23. The fraction of sp³-hybridized carbons (Fsp3) is 0.478. The van der Waals surface area contributed by atoms with Gasteiger partial charge >= 0.3 is 5.97 Å². The molecule has 1 aromatic carbocycles. The number of hydrazone groups is 1. The first kappa shape index (κ1) is 23.7. The van der Waals surface area contributed by atoms with Crippen molar-refractivity contribution in [3.05, 3.63) is 51.4 Å². The van der Waals surface area contributed by atoms with Crippen molar-refractivity contribution in [2.45, 2.75) is 52.9 Å². The molecule has 0 bridgehead atoms. The Morgan fingerprint density at radius 1 is 1.22 bits per heavy atom. The van der Waals surface area contributed by atoms with Crippen LogP contribution in [0.1, 0.15) is 57.4 Å². The van der Waals surface area contributed by atoms with Crippen molar-refractivity contribution >= 4 is 29.0 Å². The highest BCUT2D eigenvalue weighted by Gasteiger charge is 2.25. The molecule has 172 valence electrons. The molecular weight excluding hydrogens is 426 g/mol. The summed E-state index contributed by atoms with van der Waals surface area (Å²) >= 11 is 5.41. The van der Waals surface area contributed by atoms with Crippen LogP contribution in [0.5, 0.6) is 0 Å². The lowest BCUT2D eigenvalue weighted by molar-refractivity contribution is -0.143. The van der Waals surface area contributed by atoms with Gasteiger partial charge in [-0.15, -0.1) is 0 Å². The van der Waals surface area contributed by atoms with Crippen molar-refractivity contribution < 1.29 is 9.90 Å². The average Bonchev–Trinajstić information content (AvgIpc) is 3.05. The van der Waals surface area contributed by atoms with E-state index in [2.05, 4.69) is 36.4 Å². The predicted molar refractivity (Wildman–Crippen MR) is 130 cm³/mol. The maximum Gasteiger partial charge on any atom is 0.306 e. The standard InChI is InChI=1S/C23H31N5O3S/c1-14(24-25-22(32)27-12-10-16(11-13-27)21(30)31)19-15(2)26-28(20(19)29)18-8-6-17(7-9-18)23(3,4)5/h6-9,16,26H,10-13H2,1-5H3,(H,25,32)(H,30,31)/b24-14+. The van der Waals surface area contributed by atoms with Gasteiger partial charge in [-0.25, -0.2) is 4.68 Å². The van der Waals surface area contributed by atoms with Crippen molar-refractivity contribution in [3.8, 4) is 5.69 Å². The largest absolute Gasteiger partial charge is 0.481 e. The Balaban J connectivity index is 1.74. The maximum atomic E-state index is 13.1. The topological polar surface area (TPSA) is 103 Å². The molecular formula is C23H31N5O3S. The molecule has 0 saturated carbocycles. The van der Waals surface area contributed by atoms with E-state index in [4.69, 9.17) is 17.3 Å². The Bertz CT molecular complexity index is 1080. The van der Waals surface area contributed by atoms with Gasteiger partial charge in [0.1, 0.15) is 0 Å². The van der Waals surface area contributed by atoms with Gasteiger partial charge in [-0.3, -0.25) is 20.1 Å². The highest BCUT2D eigenvalue weighted by atomic mass is 32.1. The van der Waals surface area contributed by atoms with Crippen LogP contribution in [0, 0.1) is 12.8 Å². The number of aryl methyl sites for hydroxylation is 1. The lowest BCUT2D eigenvalue weighted by atomic mass is 9.87. The van der Waals surface area contributed by atoms with Gasteiger partial charge in [0.2, 0.25) is 0 Å². The van der Waals surface area contributed by atoms with E-state index in [9.17, 15) is 9.59 Å². The van der Waals surface area contributed by atoms with E-state index >= 15 is 0 Å². The van der Waals surface area contributed by atoms with Gasteiger partial charge in [0.15, 0.2) is 5.11 Å². The van der Waals surface area contributed by atoms with Gasteiger partial charge in [0.25, 0.3) is 5.56 Å². The Hall–Kier alpha value is -2.94. The Labute approximate surface area is 193 Å². The second-order valence-corrected chi connectivity index (χ2v) is 9.65. The van der Waals surface area contributed by atoms with E-state index in [1.165, 1.54) is 10.2 Å². The molecule has 9 heteroatoms. The summed E-state index contributed by atoms with van der Waals surface area (Å²) in [6, 6.07) is 7.93. The molecule has 2 aromatic rings. The highest BCUT2D eigenvalue weighted by molar-refractivity contribution is 7.80. The zero-order valence-corrected chi connectivity index (χ0v) is 20.0. The van der Waals surface area contributed by atoms with Gasteiger partial charge in [-0.2, -0.15) is 5.10 Å². The van der Waals surface area contributed by atoms with Crippen LogP contribution in [0.3, 0.4) is 0 Å². The first-order valence-electron chi connectivity index (χ1n) is 10.7. The second-order valence-electron chi connectivity index (χ2n) is 9.26. The van der Waals surface area contributed by atoms with Crippen LogP contribution in [0.15, 0.2) is 34.2 Å². The molecule has 32 heavy (non-hydrogen) atoms. The summed E-state index contributed by atoms with van der Waals surface area (Å²) in [5.41, 5.74) is 6.40. The minimum Gasteiger partial charge on any atom is -0.481 e. The molecule has 0 unspecified atom stereocenters. The van der Waals surface area contributed by atoms with E-state index < -0.39 is 5.97 Å². The first-order valence-corrected chi connectivity index (χ1v) is 11.1. The first-order chi connectivity index (χ1) is 15.0. The third-order valence-corrected chi connectivity index (χ3v) is 6.22. The number of aliphatic carboxylic acids is 1. The van der Waals surface area contributed by atoms with Crippen molar-refractivity contribution in [1.29, 1.82) is 0 Å². The van der Waals surface area contributed by atoms with Crippen LogP contribution in [0.2, 0.25) is 0 Å². The van der Waals surface area contributed by atoms with Gasteiger partial charge in [0, 0.05) is 18.8 Å². The second kappa shape index (κ2) is 9.28. The van der Waals surface area contributed by atoms with E-state index in [1.54, 1.807) is 6.92 Å². The van der Waals surface area contributed by atoms with E-state index in [0.29, 0.717) is 48.0 Å². The van der Waals surface area contributed by atoms with E-state index in [0.717, 1.165) is 5.69 Å². The third-order valence-electron chi connectivity index (χ3n) is 5.88. The van der Waals surface area contributed by atoms with Crippen LogP contribution in [0.4, 0.5) is 0 Å². The molecule has 3 N–H and O–H groups in total. The lowest BCUT2D eigenvalue weighted by Crippen LogP contribution is -2.44. The number of piperidine rings is 1. The number of carbonyl (C=O) groups is 1. The molecule has 2 heterocycles. The zero-order valence-electron chi connectivity index (χ0n) is 19.2. The zero-order chi connectivity index (χ0) is 23.6. The molecule has 0 amide bonds. The molecule has 0 aliphatic carbocycles. The molecule has 3 rings (SSSR count). The lowest BCUT2D eigenvalue weighted by Gasteiger charge is -2.31. The number of rotatable bonds is 4. The van der Waals surface area contributed by atoms with Gasteiger partial charge in [0.05, 0.1) is 22.9 Å². The van der Waals surface area contributed by atoms with Crippen molar-refractivity contribution in [3.63, 3.8) is 0 Å². The van der Waals surface area contributed by atoms with Gasteiger partial charge in [-0.1, -0.05) is 32.9 Å². The summed E-state index contributed by atoms with van der Waals surface area (Å²) < 4.78 is 1.52. The summed E-state index contributed by atoms with van der Waals surface area (Å²) in [5, 5.41) is 17.0. The molecule has 0 spiro atoms. The van der Waals surface area contributed by atoms with Crippen LogP contribution in [-0.4, -0.2) is 49.7 Å². The molecule has 1 aromatic heterocycles. The summed E-state index contributed by atoms with van der Waals surface area (Å²) in [6.45, 7) is 11.2. The number of benzene rings is 1. The van der Waals surface area contributed by atoms with Crippen molar-refractivity contribution in [1.82, 2.24) is 20.1 Å². The number of nitrogens with one attached hydrogen (secondary N) is 2. The Kier molecular flexibility index (Phi) is 6.88. The van der Waals surface area contributed by atoms with Crippen LogP contribution < -0.4 is 11.0 Å². The number of H-pyrrole nitrogens is 1. The van der Waals surface area contributed by atoms with Crippen LogP contribution in [-0.2, 0) is 10.2 Å². The van der Waals surface area contributed by atoms with Crippen LogP contribution >= 0.6 is 12.2 Å². The summed E-state index contributed by atoms with van der Waals surface area (Å²) in [4.78, 5) is 26.1. The molecule has 1 fully saturated rings. The van der Waals surface area contributed by atoms with E-state index in [1.807, 2.05) is 36.1 Å². The molecule has 8 nitrogen and oxygen atoms in total. The van der Waals surface area contributed by atoms with Crippen molar-refractivity contribution in [2.24, 2.45) is 11.0 Å². The number of aromatic nitrogens is 2. The number of carboxylic acids is 1. The third kappa shape index (κ3) is 5.09. The fourth-order valence-corrected chi connectivity index (χ4v) is 4.08. The molecule has 1 aliphatic heterocycles. The summed E-state index contributed by atoms with van der Waals surface area (Å²) in [6.07, 6.45) is 1.10. The number of likely N-dealkylation sites (tertiary alicyclic amines) is 1. The molecule has 1 aliphatic rings. The Morgan fingerprint density at radius 2 is 1.81 bits per heavy atom. The van der Waals surface area contributed by atoms with Crippen LogP contribution in [0.25, 0.3) is 5.69 Å². The SMILES string of the molecule is C/C(=N\NC(=S)N1CCC(C(=O)O)CC1)c1c(C)[nH]n(-c2ccc(C(C)(C)C)cc2)c1=O. The number of nitrogens with zero attached hydrogens (tertiary/aromatic N) is 3. The minimum atomic E-state index is -0.760. The van der Waals surface area contributed by atoms with E-state index in [-0.39, 0.29) is 16.9 Å². The monoisotopic (exact) mass is 457 g/mol. The molecule has 1 saturated heterocycles. The fourth-order valence-electron chi connectivity index (χ4n) is 3.85. The predicted octanol–water partition coefficient (Wildman–Crippen LogP) is 3.17. The normalized spacial score (nSPS) is 15.7. The summed E-state index contributed by atoms with van der Waals surface area (Å²) in [5.74, 6) is -1.08. The Morgan fingerprint density at radius 3 is 2.34 bits per heavy atom. The molecule has 0 atom stereocenters. The number of hydrogen-bond acceptors (Lipinski definition) is 4.